The molecule has 166 valence electrons. The second kappa shape index (κ2) is 11.2. The van der Waals surface area contributed by atoms with Crippen LogP contribution >= 0.6 is 23.4 Å². The highest BCUT2D eigenvalue weighted by Crippen LogP contribution is 2.28. The second-order valence-corrected chi connectivity index (χ2v) is 9.64. The van der Waals surface area contributed by atoms with Crippen molar-refractivity contribution in [2.45, 2.75) is 23.3 Å². The van der Waals surface area contributed by atoms with Gasteiger partial charge in [-0.3, -0.25) is 9.71 Å². The van der Waals surface area contributed by atoms with Gasteiger partial charge in [-0.05, 0) is 36.8 Å². The van der Waals surface area contributed by atoms with E-state index < -0.39 is 26.3 Å². The molecule has 1 fully saturated rings. The van der Waals surface area contributed by atoms with Crippen molar-refractivity contribution in [3.8, 4) is 11.7 Å². The molecule has 0 aliphatic carbocycles. The molecule has 1 saturated heterocycles. The largest absolute Gasteiger partial charge is 0.386 e. The maximum absolute atomic E-state index is 14.4. The van der Waals surface area contributed by atoms with Gasteiger partial charge in [0, 0.05) is 45.0 Å². The quantitative estimate of drug-likeness (QED) is 0.149. The summed E-state index contributed by atoms with van der Waals surface area (Å²) < 4.78 is 41.4. The van der Waals surface area contributed by atoms with Crippen molar-refractivity contribution in [2.75, 3.05) is 45.1 Å². The van der Waals surface area contributed by atoms with Crippen molar-refractivity contribution in [2.24, 2.45) is 4.99 Å². The first-order valence-electron chi connectivity index (χ1n) is 9.19. The average Bonchev–Trinajstić information content (AvgIpc) is 2.67. The number of nitrogens with zero attached hydrogens (tertiary/aromatic N) is 1. The van der Waals surface area contributed by atoms with E-state index in [0.717, 1.165) is 43.3 Å². The maximum Gasteiger partial charge on any atom is 0.266 e. The molecule has 5 N–H and O–H groups in total. The number of aliphatic imine (C=N–C) groups is 1. The number of aliphatic hydroxyl groups is 1. The minimum absolute atomic E-state index is 0.0514. The van der Waals surface area contributed by atoms with E-state index in [2.05, 4.69) is 30.9 Å². The lowest BCUT2D eigenvalue weighted by Gasteiger charge is -2.37. The fourth-order valence-corrected chi connectivity index (χ4v) is 4.68. The molecule has 0 saturated carbocycles. The van der Waals surface area contributed by atoms with Crippen LogP contribution in [0.5, 0.6) is 0 Å². The lowest BCUT2D eigenvalue weighted by atomic mass is 9.97. The van der Waals surface area contributed by atoms with Gasteiger partial charge in [-0.15, -0.1) is 6.42 Å². The summed E-state index contributed by atoms with van der Waals surface area (Å²) in [6.07, 6.45) is 6.75. The van der Waals surface area contributed by atoms with E-state index >= 15 is 0 Å². The molecule has 1 aliphatic rings. The Morgan fingerprint density at radius 3 is 2.73 bits per heavy atom. The van der Waals surface area contributed by atoms with Gasteiger partial charge in [0.05, 0.1) is 10.7 Å². The molecule has 0 atom stereocenters. The van der Waals surface area contributed by atoms with Crippen LogP contribution in [0.2, 0.25) is 5.02 Å². The number of halogens is 2. The van der Waals surface area contributed by atoms with Crippen LogP contribution in [0, 0.1) is 17.5 Å². The van der Waals surface area contributed by atoms with E-state index in [-0.39, 0.29) is 10.2 Å². The smallest absolute Gasteiger partial charge is 0.266 e. The standard InChI is InChI=1S/C18H25ClFN5O3S2/c1-3-29-17(21-2)25-30(27,28)16-8-13(19)15(9-14(16)20)24-7-5-4-6-22-10-18(26)11-23-12-18/h1,8-9,22-24,26H,4-7,10-12H2,2H3,(H,21,25). The van der Waals surface area contributed by atoms with Crippen molar-refractivity contribution in [3.63, 3.8) is 0 Å². The maximum atomic E-state index is 14.4. The van der Waals surface area contributed by atoms with Crippen LogP contribution in [0.25, 0.3) is 0 Å². The number of β-amino-alcohol motifs (C(OH)–C–C–N with tert-alkyl or cyclic N) is 1. The predicted molar refractivity (Wildman–Crippen MR) is 120 cm³/mol. The van der Waals surface area contributed by atoms with Gasteiger partial charge in [0.1, 0.15) is 16.3 Å². The number of sulfonamides is 1. The molecule has 0 unspecified atom stereocenters. The minimum Gasteiger partial charge on any atom is -0.386 e. The van der Waals surface area contributed by atoms with E-state index in [4.69, 9.17) is 18.0 Å². The SMILES string of the molecule is C#CSC(=NC)NS(=O)(=O)c1cc(Cl)c(NCCCCNCC2(O)CNC2)cc1F. The monoisotopic (exact) mass is 477 g/mol. The number of rotatable bonds is 10. The predicted octanol–water partition coefficient (Wildman–Crippen LogP) is 1.18. The van der Waals surface area contributed by atoms with E-state index in [1.54, 1.807) is 0 Å². The van der Waals surface area contributed by atoms with Crippen LogP contribution in [-0.2, 0) is 10.0 Å². The Balaban J connectivity index is 1.85. The van der Waals surface area contributed by atoms with Crippen molar-refractivity contribution in [1.82, 2.24) is 15.4 Å². The lowest BCUT2D eigenvalue weighted by Crippen LogP contribution is -2.64. The Kier molecular flexibility index (Phi) is 9.21. The Hall–Kier alpha value is -1.55. The minimum atomic E-state index is -4.23. The number of anilines is 1. The second-order valence-electron chi connectivity index (χ2n) is 6.76. The molecule has 1 aliphatic heterocycles. The van der Waals surface area contributed by atoms with Crippen molar-refractivity contribution in [1.29, 1.82) is 0 Å². The third-order valence-corrected chi connectivity index (χ3v) is 6.74. The fourth-order valence-electron chi connectivity index (χ4n) is 2.67. The Morgan fingerprint density at radius 1 is 1.43 bits per heavy atom. The molecule has 0 aromatic heterocycles. The molecule has 30 heavy (non-hydrogen) atoms. The summed E-state index contributed by atoms with van der Waals surface area (Å²) >= 11 is 6.87. The van der Waals surface area contributed by atoms with Gasteiger partial charge in [0.2, 0.25) is 0 Å². The van der Waals surface area contributed by atoms with Crippen molar-refractivity contribution >= 4 is 44.2 Å². The van der Waals surface area contributed by atoms with Crippen LogP contribution < -0.4 is 20.7 Å². The average molecular weight is 478 g/mol. The number of amidine groups is 1. The van der Waals surface area contributed by atoms with Gasteiger partial charge < -0.3 is 21.1 Å². The van der Waals surface area contributed by atoms with Crippen molar-refractivity contribution in [3.05, 3.63) is 23.0 Å². The molecule has 8 nitrogen and oxygen atoms in total. The molecule has 1 heterocycles. The third-order valence-electron chi connectivity index (χ3n) is 4.35. The van der Waals surface area contributed by atoms with Gasteiger partial charge in [-0.25, -0.2) is 12.8 Å². The van der Waals surface area contributed by atoms with Gasteiger partial charge in [-0.2, -0.15) is 0 Å². The van der Waals surface area contributed by atoms with Gasteiger partial charge in [0.15, 0.2) is 5.17 Å². The molecule has 1 aromatic rings. The Bertz CT molecular complexity index is 917. The topological polar surface area (TPSA) is 115 Å². The number of nitrogens with one attached hydrogen (secondary N) is 4. The van der Waals surface area contributed by atoms with Gasteiger partial charge >= 0.3 is 0 Å². The highest BCUT2D eigenvalue weighted by atomic mass is 35.5. The van der Waals surface area contributed by atoms with Crippen molar-refractivity contribution < 1.29 is 17.9 Å². The molecule has 2 rings (SSSR count). The lowest BCUT2D eigenvalue weighted by molar-refractivity contribution is -0.00822. The third kappa shape index (κ3) is 7.01. The first-order valence-corrected chi connectivity index (χ1v) is 11.9. The summed E-state index contributed by atoms with van der Waals surface area (Å²) in [5.41, 5.74) is -0.345. The molecule has 0 bridgehead atoms. The zero-order chi connectivity index (χ0) is 22.2. The summed E-state index contributed by atoms with van der Waals surface area (Å²) in [6, 6.07) is 2.09. The summed E-state index contributed by atoms with van der Waals surface area (Å²) in [6.45, 7) is 3.01. The Morgan fingerprint density at radius 2 is 2.13 bits per heavy atom. The zero-order valence-electron chi connectivity index (χ0n) is 16.5. The summed E-state index contributed by atoms with van der Waals surface area (Å²) in [5, 5.41) is 21.4. The van der Waals surface area contributed by atoms with E-state index in [0.29, 0.717) is 31.9 Å². The van der Waals surface area contributed by atoms with Gasteiger partial charge in [0.25, 0.3) is 10.0 Å². The Labute approximate surface area is 185 Å². The number of terminal acetylenes is 1. The molecule has 1 aromatic carbocycles. The van der Waals surface area contributed by atoms with E-state index in [9.17, 15) is 17.9 Å². The first kappa shape index (κ1) is 24.7. The molecular formula is C18H25ClFN5O3S2. The van der Waals surface area contributed by atoms with Crippen LogP contribution in [-0.4, -0.2) is 64.1 Å². The van der Waals surface area contributed by atoms with Gasteiger partial charge in [-0.1, -0.05) is 11.6 Å². The first-order chi connectivity index (χ1) is 14.2. The molecule has 0 amide bonds. The molecule has 0 spiro atoms. The molecule has 12 heteroatoms. The number of hydrogen-bond acceptors (Lipinski definition) is 8. The zero-order valence-corrected chi connectivity index (χ0v) is 18.9. The van der Waals surface area contributed by atoms with Crippen LogP contribution in [0.1, 0.15) is 12.8 Å². The number of thioether (sulfide) groups is 1. The number of unbranched alkanes of at least 4 members (excludes halogenated alkanes) is 1. The van der Waals surface area contributed by atoms with Crippen LogP contribution in [0.4, 0.5) is 10.1 Å². The molecule has 0 radical (unpaired) electrons. The number of hydrogen-bond donors (Lipinski definition) is 5. The normalized spacial score (nSPS) is 15.9. The highest BCUT2D eigenvalue weighted by Gasteiger charge is 2.33. The van der Waals surface area contributed by atoms with E-state index in [1.807, 2.05) is 0 Å². The summed E-state index contributed by atoms with van der Waals surface area (Å²) in [7, 11) is -2.86. The molecular weight excluding hydrogens is 453 g/mol. The summed E-state index contributed by atoms with van der Waals surface area (Å²) in [5.74, 6) is -0.945. The highest BCUT2D eigenvalue weighted by molar-refractivity contribution is 8.18. The van der Waals surface area contributed by atoms with Crippen LogP contribution in [0.3, 0.4) is 0 Å². The van der Waals surface area contributed by atoms with Crippen LogP contribution in [0.15, 0.2) is 22.0 Å². The number of benzene rings is 1. The summed E-state index contributed by atoms with van der Waals surface area (Å²) in [4.78, 5) is 3.11. The van der Waals surface area contributed by atoms with E-state index in [1.165, 1.54) is 7.05 Å². The fraction of sp³-hybridized carbons (Fsp3) is 0.500.